The highest BCUT2D eigenvalue weighted by molar-refractivity contribution is 5.89. The Balaban J connectivity index is 0.00000218. The quantitative estimate of drug-likeness (QED) is 0.723. The van der Waals surface area contributed by atoms with E-state index in [0.29, 0.717) is 36.7 Å². The number of carbonyl (C=O) groups excluding carboxylic acids is 1. The van der Waals surface area contributed by atoms with Gasteiger partial charge in [0.1, 0.15) is 5.75 Å². The zero-order valence-corrected chi connectivity index (χ0v) is 19.1. The van der Waals surface area contributed by atoms with Crippen LogP contribution in [0.15, 0.2) is 6.07 Å². The molecule has 2 fully saturated rings. The summed E-state index contributed by atoms with van der Waals surface area (Å²) in [7, 11) is 0. The van der Waals surface area contributed by atoms with E-state index in [4.69, 9.17) is 9.47 Å². The summed E-state index contributed by atoms with van der Waals surface area (Å²) in [6, 6.07) is 2.16. The summed E-state index contributed by atoms with van der Waals surface area (Å²) in [5.74, 6) is 2.68. The lowest BCUT2D eigenvalue weighted by molar-refractivity contribution is -0.138. The Morgan fingerprint density at radius 3 is 2.93 bits per heavy atom. The Bertz CT molecular complexity index is 841. The molecule has 0 amide bonds. The highest BCUT2D eigenvalue weighted by atomic mass is 35.5. The standard InChI is InChI=1S/C24H33NO4.ClH/c1-4-9-25-10-8-24-16-5-6-18(26)23(24)29-22-19(27)13-20(28-11-7-14(2)3)15(21(22)24)12-17(16)25;/h13-14,16-17,23,27H,4-12H2,1-3H3;1H/t16-,17+,23-,24-;/m0./s1. The van der Waals surface area contributed by atoms with Crippen LogP contribution in [0.25, 0.3) is 0 Å². The summed E-state index contributed by atoms with van der Waals surface area (Å²) >= 11 is 0. The maximum atomic E-state index is 12.9. The van der Waals surface area contributed by atoms with Gasteiger partial charge >= 0.3 is 0 Å². The van der Waals surface area contributed by atoms with Crippen LogP contribution in [-0.4, -0.2) is 47.6 Å². The third-order valence-electron chi connectivity index (χ3n) is 7.77. The lowest BCUT2D eigenvalue weighted by Crippen LogP contribution is -2.66. The van der Waals surface area contributed by atoms with Gasteiger partial charge < -0.3 is 14.6 Å². The molecule has 1 saturated carbocycles. The normalized spacial score (nSPS) is 31.2. The second-order valence-electron chi connectivity index (χ2n) is 9.81. The molecule has 2 bridgehead atoms. The fourth-order valence-electron chi connectivity index (χ4n) is 6.56. The summed E-state index contributed by atoms with van der Waals surface area (Å²) in [5.41, 5.74) is 2.01. The third kappa shape index (κ3) is 2.96. The number of ketones is 1. The Labute approximate surface area is 185 Å². The first kappa shape index (κ1) is 21.8. The van der Waals surface area contributed by atoms with Gasteiger partial charge in [0.15, 0.2) is 23.4 Å². The number of piperidine rings is 1. The van der Waals surface area contributed by atoms with Crippen molar-refractivity contribution in [3.05, 3.63) is 17.2 Å². The second-order valence-corrected chi connectivity index (χ2v) is 9.81. The average molecular weight is 436 g/mol. The molecule has 1 saturated heterocycles. The van der Waals surface area contributed by atoms with Crippen molar-refractivity contribution in [1.29, 1.82) is 0 Å². The molecular formula is C24H34ClNO4. The molecule has 2 heterocycles. The van der Waals surface area contributed by atoms with Gasteiger partial charge in [0.25, 0.3) is 0 Å². The molecule has 1 N–H and O–H groups in total. The number of likely N-dealkylation sites (tertiary alicyclic amines) is 1. The number of hydrogen-bond acceptors (Lipinski definition) is 5. The highest BCUT2D eigenvalue weighted by Crippen LogP contribution is 2.64. The maximum Gasteiger partial charge on any atom is 0.174 e. The number of nitrogens with zero attached hydrogens (tertiary/aromatic N) is 1. The van der Waals surface area contributed by atoms with Crippen LogP contribution in [0.1, 0.15) is 64.0 Å². The molecule has 0 aromatic heterocycles. The SMILES string of the molecule is CCCN1CC[C@]23c4c5c(OCCC(C)C)cc(O)c4O[C@H]2C(=O)CC[C@H]3[C@H]1C5.Cl. The number of benzene rings is 1. The predicted octanol–water partition coefficient (Wildman–Crippen LogP) is 4.26. The van der Waals surface area contributed by atoms with Crippen molar-refractivity contribution in [2.24, 2.45) is 11.8 Å². The van der Waals surface area contributed by atoms with Crippen LogP contribution in [0, 0.1) is 11.8 Å². The number of halogens is 1. The topological polar surface area (TPSA) is 59.0 Å². The summed E-state index contributed by atoms with van der Waals surface area (Å²) in [4.78, 5) is 15.6. The second kappa shape index (κ2) is 7.90. The van der Waals surface area contributed by atoms with Crippen LogP contribution >= 0.6 is 12.4 Å². The summed E-state index contributed by atoms with van der Waals surface area (Å²) < 4.78 is 12.5. The molecule has 5 nitrogen and oxygen atoms in total. The molecule has 6 heteroatoms. The monoisotopic (exact) mass is 435 g/mol. The lowest BCUT2D eigenvalue weighted by atomic mass is 9.51. The molecular weight excluding hydrogens is 402 g/mol. The van der Waals surface area contributed by atoms with Crippen molar-refractivity contribution in [2.75, 3.05) is 19.7 Å². The van der Waals surface area contributed by atoms with E-state index in [0.717, 1.165) is 56.5 Å². The smallest absolute Gasteiger partial charge is 0.174 e. The fourth-order valence-corrected chi connectivity index (χ4v) is 6.56. The number of phenols is 1. The molecule has 1 aromatic carbocycles. The molecule has 4 aliphatic rings. The van der Waals surface area contributed by atoms with Gasteiger partial charge in [0.05, 0.1) is 6.61 Å². The van der Waals surface area contributed by atoms with Crippen LogP contribution in [-0.2, 0) is 16.6 Å². The molecule has 30 heavy (non-hydrogen) atoms. The lowest BCUT2D eigenvalue weighted by Gasteiger charge is -2.57. The molecule has 2 aliphatic heterocycles. The van der Waals surface area contributed by atoms with Gasteiger partial charge in [0.2, 0.25) is 0 Å². The highest BCUT2D eigenvalue weighted by Gasteiger charge is 2.66. The van der Waals surface area contributed by atoms with E-state index < -0.39 is 6.10 Å². The minimum absolute atomic E-state index is 0. The van der Waals surface area contributed by atoms with E-state index in [2.05, 4.69) is 25.7 Å². The Kier molecular flexibility index (Phi) is 5.73. The number of aromatic hydroxyl groups is 1. The molecule has 4 atom stereocenters. The zero-order valence-electron chi connectivity index (χ0n) is 18.3. The average Bonchev–Trinajstić information content (AvgIpc) is 3.03. The van der Waals surface area contributed by atoms with Crippen molar-refractivity contribution >= 4 is 18.2 Å². The van der Waals surface area contributed by atoms with Gasteiger partial charge in [-0.15, -0.1) is 12.4 Å². The summed E-state index contributed by atoms with van der Waals surface area (Å²) in [6.07, 6.45) is 5.07. The first-order valence-electron chi connectivity index (χ1n) is 11.4. The van der Waals surface area contributed by atoms with Crippen LogP contribution in [0.4, 0.5) is 0 Å². The van der Waals surface area contributed by atoms with Crippen molar-refractivity contribution in [3.8, 4) is 17.2 Å². The third-order valence-corrected chi connectivity index (χ3v) is 7.77. The molecule has 166 valence electrons. The van der Waals surface area contributed by atoms with E-state index in [1.54, 1.807) is 6.07 Å². The summed E-state index contributed by atoms with van der Waals surface area (Å²) in [6.45, 7) is 9.36. The number of hydrogen-bond donors (Lipinski definition) is 1. The van der Waals surface area contributed by atoms with E-state index >= 15 is 0 Å². The van der Waals surface area contributed by atoms with Crippen LogP contribution in [0.3, 0.4) is 0 Å². The number of ether oxygens (including phenoxy) is 2. The van der Waals surface area contributed by atoms with Gasteiger partial charge in [-0.3, -0.25) is 9.69 Å². The number of carbonyl (C=O) groups is 1. The van der Waals surface area contributed by atoms with Gasteiger partial charge in [-0.05, 0) is 57.0 Å². The predicted molar refractivity (Wildman–Crippen MR) is 118 cm³/mol. The number of Topliss-reactive ketones (excluding diaryl/α,β-unsaturated/α-hetero) is 1. The van der Waals surface area contributed by atoms with Crippen molar-refractivity contribution < 1.29 is 19.4 Å². The molecule has 2 aliphatic carbocycles. The van der Waals surface area contributed by atoms with Gasteiger partial charge in [0, 0.05) is 35.1 Å². The number of phenolic OH excluding ortho intramolecular Hbond substituents is 1. The van der Waals surface area contributed by atoms with E-state index in [1.807, 2.05) is 0 Å². The van der Waals surface area contributed by atoms with Crippen molar-refractivity contribution in [1.82, 2.24) is 4.90 Å². The molecule has 5 rings (SSSR count). The molecule has 0 radical (unpaired) electrons. The van der Waals surface area contributed by atoms with E-state index in [-0.39, 0.29) is 29.4 Å². The van der Waals surface area contributed by atoms with E-state index in [9.17, 15) is 9.90 Å². The first-order chi connectivity index (χ1) is 14.0. The van der Waals surface area contributed by atoms with E-state index in [1.165, 1.54) is 5.56 Å². The first-order valence-corrected chi connectivity index (χ1v) is 11.4. The van der Waals surface area contributed by atoms with Gasteiger partial charge in [-0.2, -0.15) is 0 Å². The molecule has 1 aromatic rings. The van der Waals surface area contributed by atoms with Gasteiger partial charge in [-0.25, -0.2) is 0 Å². The zero-order chi connectivity index (χ0) is 20.3. The number of rotatable bonds is 6. The molecule has 0 unspecified atom stereocenters. The minimum atomic E-state index is -0.432. The minimum Gasteiger partial charge on any atom is -0.504 e. The Morgan fingerprint density at radius 1 is 1.40 bits per heavy atom. The molecule has 1 spiro atoms. The largest absolute Gasteiger partial charge is 0.504 e. The Hall–Kier alpha value is -1.46. The maximum absolute atomic E-state index is 12.9. The van der Waals surface area contributed by atoms with Crippen molar-refractivity contribution in [3.63, 3.8) is 0 Å². The fraction of sp³-hybridized carbons (Fsp3) is 0.708. The Morgan fingerprint density at radius 2 is 2.20 bits per heavy atom. The summed E-state index contributed by atoms with van der Waals surface area (Å²) in [5, 5.41) is 10.8. The van der Waals surface area contributed by atoms with Crippen LogP contribution in [0.2, 0.25) is 0 Å². The van der Waals surface area contributed by atoms with Gasteiger partial charge in [-0.1, -0.05) is 20.8 Å². The van der Waals surface area contributed by atoms with Crippen LogP contribution in [0.5, 0.6) is 17.2 Å². The van der Waals surface area contributed by atoms with Crippen LogP contribution < -0.4 is 9.47 Å². The van der Waals surface area contributed by atoms with Crippen molar-refractivity contribution in [2.45, 2.75) is 76.9 Å².